The molecule has 1 fully saturated rings. The monoisotopic (exact) mass is 288 g/mol. The van der Waals surface area contributed by atoms with Gasteiger partial charge in [-0.05, 0) is 30.9 Å². The molecule has 19 heavy (non-hydrogen) atoms. The molecular formula is C12H17FN2O3S. The number of sulfonamides is 1. The predicted molar refractivity (Wildman–Crippen MR) is 69.9 cm³/mol. The largest absolute Gasteiger partial charge is 0.492 e. The minimum atomic E-state index is -3.74. The topological polar surface area (TPSA) is 81.4 Å². The zero-order chi connectivity index (χ0) is 14.2. The van der Waals surface area contributed by atoms with E-state index >= 15 is 0 Å². The van der Waals surface area contributed by atoms with E-state index in [4.69, 9.17) is 10.5 Å². The lowest BCUT2D eigenvalue weighted by atomic mass is 9.83. The average molecular weight is 288 g/mol. The number of halogens is 1. The minimum absolute atomic E-state index is 0.0372. The van der Waals surface area contributed by atoms with E-state index in [-0.39, 0.29) is 22.4 Å². The Labute approximate surface area is 112 Å². The second-order valence-corrected chi connectivity index (χ2v) is 6.64. The van der Waals surface area contributed by atoms with Crippen LogP contribution in [0, 0.1) is 11.7 Å². The van der Waals surface area contributed by atoms with E-state index in [0.29, 0.717) is 5.92 Å². The van der Waals surface area contributed by atoms with Gasteiger partial charge >= 0.3 is 0 Å². The quantitative estimate of drug-likeness (QED) is 0.823. The van der Waals surface area contributed by atoms with Gasteiger partial charge in [0.25, 0.3) is 0 Å². The minimum Gasteiger partial charge on any atom is -0.492 e. The van der Waals surface area contributed by atoms with Crippen molar-refractivity contribution in [2.75, 3.05) is 12.8 Å². The Morgan fingerprint density at radius 3 is 2.53 bits per heavy atom. The number of nitrogens with two attached hydrogens (primary N) is 1. The molecule has 1 aliphatic carbocycles. The first kappa shape index (κ1) is 14.1. The fourth-order valence-electron chi connectivity index (χ4n) is 2.25. The average Bonchev–Trinajstić information content (AvgIpc) is 2.26. The summed E-state index contributed by atoms with van der Waals surface area (Å²) in [6.45, 7) is 2.05. The number of rotatable bonds is 4. The maximum Gasteiger partial charge on any atom is 0.241 e. The van der Waals surface area contributed by atoms with Gasteiger partial charge in [0, 0.05) is 6.04 Å². The molecule has 0 aliphatic heterocycles. The molecule has 0 heterocycles. The summed E-state index contributed by atoms with van der Waals surface area (Å²) in [5.41, 5.74) is 5.53. The van der Waals surface area contributed by atoms with E-state index in [1.54, 1.807) is 0 Å². The highest BCUT2D eigenvalue weighted by Crippen LogP contribution is 2.31. The van der Waals surface area contributed by atoms with Crippen molar-refractivity contribution in [2.24, 2.45) is 5.92 Å². The summed E-state index contributed by atoms with van der Waals surface area (Å²) in [7, 11) is -2.46. The number of nitrogen functional groups attached to an aromatic ring is 1. The summed E-state index contributed by atoms with van der Waals surface area (Å²) < 4.78 is 45.1. The van der Waals surface area contributed by atoms with Crippen LogP contribution in [0.4, 0.5) is 10.1 Å². The molecule has 7 heteroatoms. The Morgan fingerprint density at radius 1 is 1.42 bits per heavy atom. The summed E-state index contributed by atoms with van der Waals surface area (Å²) >= 11 is 0. The van der Waals surface area contributed by atoms with Gasteiger partial charge in [0.15, 0.2) is 11.6 Å². The van der Waals surface area contributed by atoms with E-state index in [1.165, 1.54) is 13.2 Å². The third kappa shape index (κ3) is 2.82. The molecule has 1 aromatic carbocycles. The molecule has 2 rings (SSSR count). The number of methoxy groups -OCH3 is 1. The van der Waals surface area contributed by atoms with Crippen LogP contribution in [0.5, 0.6) is 5.75 Å². The lowest BCUT2D eigenvalue weighted by Crippen LogP contribution is -2.43. The van der Waals surface area contributed by atoms with Crippen LogP contribution in [0.15, 0.2) is 17.0 Å². The zero-order valence-electron chi connectivity index (χ0n) is 10.8. The molecule has 3 N–H and O–H groups in total. The highest BCUT2D eigenvalue weighted by molar-refractivity contribution is 7.89. The van der Waals surface area contributed by atoms with Crippen molar-refractivity contribution in [2.45, 2.75) is 30.7 Å². The van der Waals surface area contributed by atoms with Crippen molar-refractivity contribution < 1.29 is 17.5 Å². The van der Waals surface area contributed by atoms with Crippen LogP contribution in [-0.2, 0) is 10.0 Å². The van der Waals surface area contributed by atoms with Gasteiger partial charge in [-0.3, -0.25) is 0 Å². The lowest BCUT2D eigenvalue weighted by molar-refractivity contribution is 0.270. The number of benzene rings is 1. The number of ether oxygens (including phenoxy) is 1. The van der Waals surface area contributed by atoms with Gasteiger partial charge in [-0.1, -0.05) is 6.92 Å². The molecule has 0 atom stereocenters. The Bertz CT molecular complexity index is 560. The maximum atomic E-state index is 13.6. The highest BCUT2D eigenvalue weighted by atomic mass is 32.2. The fraction of sp³-hybridized carbons (Fsp3) is 0.500. The molecule has 1 aliphatic rings. The normalized spacial score (nSPS) is 22.9. The smallest absolute Gasteiger partial charge is 0.241 e. The molecular weight excluding hydrogens is 271 g/mol. The van der Waals surface area contributed by atoms with Gasteiger partial charge in [-0.2, -0.15) is 0 Å². The van der Waals surface area contributed by atoms with Crippen LogP contribution in [0.2, 0.25) is 0 Å². The molecule has 1 aromatic rings. The van der Waals surface area contributed by atoms with E-state index in [2.05, 4.69) is 11.6 Å². The second-order valence-electron chi connectivity index (χ2n) is 4.92. The van der Waals surface area contributed by atoms with Crippen molar-refractivity contribution in [1.29, 1.82) is 0 Å². The summed E-state index contributed by atoms with van der Waals surface area (Å²) in [6.07, 6.45) is 1.60. The van der Waals surface area contributed by atoms with Gasteiger partial charge in [-0.15, -0.1) is 0 Å². The molecule has 0 radical (unpaired) electrons. The number of hydrogen-bond donors (Lipinski definition) is 2. The predicted octanol–water partition coefficient (Wildman–Crippen LogP) is 1.49. The van der Waals surface area contributed by atoms with Crippen LogP contribution in [-0.4, -0.2) is 21.6 Å². The Morgan fingerprint density at radius 2 is 2.05 bits per heavy atom. The summed E-state index contributed by atoms with van der Waals surface area (Å²) in [5.74, 6) is -0.411. The second kappa shape index (κ2) is 4.97. The first-order chi connectivity index (χ1) is 8.83. The molecule has 0 unspecified atom stereocenters. The highest BCUT2D eigenvalue weighted by Gasteiger charge is 2.30. The van der Waals surface area contributed by atoms with Crippen LogP contribution < -0.4 is 15.2 Å². The van der Waals surface area contributed by atoms with Crippen molar-refractivity contribution >= 4 is 15.7 Å². The van der Waals surface area contributed by atoms with Crippen LogP contribution in [0.3, 0.4) is 0 Å². The Kier molecular flexibility index (Phi) is 3.69. The molecule has 5 nitrogen and oxygen atoms in total. The van der Waals surface area contributed by atoms with Crippen molar-refractivity contribution in [3.05, 3.63) is 17.9 Å². The summed E-state index contributed by atoms with van der Waals surface area (Å²) in [6, 6.07) is 2.04. The Balaban J connectivity index is 2.25. The van der Waals surface area contributed by atoms with E-state index < -0.39 is 15.8 Å². The van der Waals surface area contributed by atoms with Gasteiger partial charge in [-0.25, -0.2) is 17.5 Å². The molecule has 1 saturated carbocycles. The number of hydrogen-bond acceptors (Lipinski definition) is 4. The van der Waals surface area contributed by atoms with Crippen molar-refractivity contribution in [3.8, 4) is 5.75 Å². The SMILES string of the molecule is COc1c(N)cc(S(=O)(=O)NC2CC(C)C2)cc1F. The van der Waals surface area contributed by atoms with Crippen LogP contribution in [0.1, 0.15) is 19.8 Å². The lowest BCUT2D eigenvalue weighted by Gasteiger charge is -2.32. The molecule has 106 valence electrons. The third-order valence-corrected chi connectivity index (χ3v) is 4.76. The van der Waals surface area contributed by atoms with Crippen molar-refractivity contribution in [1.82, 2.24) is 4.72 Å². The molecule has 0 bridgehead atoms. The third-order valence-electron chi connectivity index (χ3n) is 3.26. The standard InChI is InChI=1S/C12H17FN2O3S/c1-7-3-8(4-7)15-19(16,17)9-5-10(13)12(18-2)11(14)6-9/h5-8,15H,3-4,14H2,1-2H3. The van der Waals surface area contributed by atoms with E-state index in [9.17, 15) is 12.8 Å². The van der Waals surface area contributed by atoms with Gasteiger partial charge < -0.3 is 10.5 Å². The molecule has 0 amide bonds. The Hall–Kier alpha value is -1.34. The summed E-state index contributed by atoms with van der Waals surface area (Å²) in [5, 5.41) is 0. The number of anilines is 1. The molecule has 0 spiro atoms. The van der Waals surface area contributed by atoms with Crippen LogP contribution in [0.25, 0.3) is 0 Å². The fourth-order valence-corrected chi connectivity index (χ4v) is 3.55. The van der Waals surface area contributed by atoms with E-state index in [1.807, 2.05) is 0 Å². The first-order valence-corrected chi connectivity index (χ1v) is 7.47. The van der Waals surface area contributed by atoms with Crippen LogP contribution >= 0.6 is 0 Å². The first-order valence-electron chi connectivity index (χ1n) is 5.99. The molecule has 0 saturated heterocycles. The van der Waals surface area contributed by atoms with Crippen molar-refractivity contribution in [3.63, 3.8) is 0 Å². The zero-order valence-corrected chi connectivity index (χ0v) is 11.6. The maximum absolute atomic E-state index is 13.6. The molecule has 0 aromatic heterocycles. The summed E-state index contributed by atoms with van der Waals surface area (Å²) in [4.78, 5) is -0.178. The van der Waals surface area contributed by atoms with Gasteiger partial charge in [0.05, 0.1) is 17.7 Å². The van der Waals surface area contributed by atoms with E-state index in [0.717, 1.165) is 18.9 Å². The van der Waals surface area contributed by atoms with Gasteiger partial charge in [0.1, 0.15) is 0 Å². The van der Waals surface area contributed by atoms with Gasteiger partial charge in [0.2, 0.25) is 10.0 Å². The number of nitrogens with one attached hydrogen (secondary N) is 1.